The van der Waals surface area contributed by atoms with E-state index in [0.717, 1.165) is 24.2 Å². The predicted molar refractivity (Wildman–Crippen MR) is 92.0 cm³/mol. The molecule has 0 radical (unpaired) electrons. The molecule has 1 heterocycles. The van der Waals surface area contributed by atoms with E-state index in [1.807, 2.05) is 0 Å². The third kappa shape index (κ3) is 3.93. The van der Waals surface area contributed by atoms with Crippen molar-refractivity contribution < 1.29 is 9.18 Å². The molecule has 130 valence electrons. The summed E-state index contributed by atoms with van der Waals surface area (Å²) in [6.07, 6.45) is 6.78. The molecule has 1 fully saturated rings. The first-order chi connectivity index (χ1) is 11.6. The van der Waals surface area contributed by atoms with Crippen LogP contribution in [0, 0.1) is 11.2 Å². The van der Waals surface area contributed by atoms with Crippen molar-refractivity contribution in [1.82, 2.24) is 15.3 Å². The molecule has 5 nitrogen and oxygen atoms in total. The smallest absolute Gasteiger partial charge is 0.220 e. The highest BCUT2D eigenvalue weighted by atomic mass is 19.1. The molecule has 1 aromatic heterocycles. The molecule has 1 aliphatic rings. The lowest BCUT2D eigenvalue weighted by molar-refractivity contribution is -0.123. The van der Waals surface area contributed by atoms with Crippen molar-refractivity contribution in [2.75, 3.05) is 13.1 Å². The monoisotopic (exact) mass is 332 g/mol. The molecule has 0 atom stereocenters. The molecule has 1 saturated carbocycles. The highest BCUT2D eigenvalue weighted by Crippen LogP contribution is 2.38. The van der Waals surface area contributed by atoms with E-state index in [0.29, 0.717) is 31.4 Å². The average Bonchev–Trinajstić information content (AvgIpc) is 2.97. The van der Waals surface area contributed by atoms with Crippen LogP contribution in [-0.2, 0) is 11.2 Å². The Balaban J connectivity index is 1.50. The lowest BCUT2D eigenvalue weighted by Crippen LogP contribution is -2.39. The summed E-state index contributed by atoms with van der Waals surface area (Å²) in [7, 11) is 0. The molecule has 24 heavy (non-hydrogen) atoms. The molecule has 0 aliphatic heterocycles. The summed E-state index contributed by atoms with van der Waals surface area (Å²) in [5.74, 6) is 0.525. The minimum atomic E-state index is -0.287. The number of carbonyl (C=O) groups is 1. The minimum Gasteiger partial charge on any atom is -0.356 e. The van der Waals surface area contributed by atoms with Gasteiger partial charge in [-0.2, -0.15) is 0 Å². The van der Waals surface area contributed by atoms with Crippen LogP contribution in [0.4, 0.5) is 4.39 Å². The lowest BCUT2D eigenvalue weighted by Gasteiger charge is -2.35. The Morgan fingerprint density at radius 1 is 1.33 bits per heavy atom. The molecular formula is C18H25FN4O. The summed E-state index contributed by atoms with van der Waals surface area (Å²) in [5.41, 5.74) is 7.34. The second-order valence-corrected chi connectivity index (χ2v) is 6.89. The van der Waals surface area contributed by atoms with Gasteiger partial charge < -0.3 is 16.0 Å². The van der Waals surface area contributed by atoms with Crippen molar-refractivity contribution in [3.05, 3.63) is 29.8 Å². The number of aromatic amines is 1. The largest absolute Gasteiger partial charge is 0.356 e. The summed E-state index contributed by atoms with van der Waals surface area (Å²) >= 11 is 0. The number of H-pyrrole nitrogens is 1. The van der Waals surface area contributed by atoms with Crippen LogP contribution in [0.15, 0.2) is 18.2 Å². The van der Waals surface area contributed by atoms with Gasteiger partial charge in [-0.05, 0) is 43.0 Å². The molecule has 2 aromatic rings. The van der Waals surface area contributed by atoms with E-state index in [-0.39, 0.29) is 17.1 Å². The average molecular weight is 332 g/mol. The van der Waals surface area contributed by atoms with Crippen molar-refractivity contribution >= 4 is 16.9 Å². The van der Waals surface area contributed by atoms with Crippen LogP contribution >= 0.6 is 0 Å². The topological polar surface area (TPSA) is 83.8 Å². The first kappa shape index (κ1) is 16.9. The van der Waals surface area contributed by atoms with Gasteiger partial charge in [0.25, 0.3) is 0 Å². The molecule has 4 N–H and O–H groups in total. The number of nitrogens with one attached hydrogen (secondary N) is 2. The van der Waals surface area contributed by atoms with Gasteiger partial charge in [0.1, 0.15) is 11.6 Å². The second-order valence-electron chi connectivity index (χ2n) is 6.89. The lowest BCUT2D eigenvalue weighted by atomic mass is 9.71. The quantitative estimate of drug-likeness (QED) is 0.760. The highest BCUT2D eigenvalue weighted by molar-refractivity contribution is 5.77. The molecule has 1 amide bonds. The first-order valence-electron chi connectivity index (χ1n) is 8.71. The van der Waals surface area contributed by atoms with Gasteiger partial charge in [0.05, 0.1) is 11.0 Å². The van der Waals surface area contributed by atoms with Crippen LogP contribution < -0.4 is 11.1 Å². The Bertz CT molecular complexity index is 706. The van der Waals surface area contributed by atoms with Crippen molar-refractivity contribution in [2.45, 2.75) is 44.9 Å². The van der Waals surface area contributed by atoms with Gasteiger partial charge in [-0.15, -0.1) is 0 Å². The van der Waals surface area contributed by atoms with E-state index < -0.39 is 0 Å². The van der Waals surface area contributed by atoms with Crippen LogP contribution in [-0.4, -0.2) is 29.0 Å². The number of hydrogen-bond donors (Lipinski definition) is 3. The number of nitrogens with zero attached hydrogens (tertiary/aromatic N) is 1. The molecule has 0 bridgehead atoms. The van der Waals surface area contributed by atoms with Gasteiger partial charge in [0.2, 0.25) is 5.91 Å². The molecule has 0 unspecified atom stereocenters. The van der Waals surface area contributed by atoms with Crippen molar-refractivity contribution in [2.24, 2.45) is 11.1 Å². The molecular weight excluding hydrogens is 307 g/mol. The highest BCUT2D eigenvalue weighted by Gasteiger charge is 2.32. The van der Waals surface area contributed by atoms with Crippen molar-refractivity contribution in [3.8, 4) is 0 Å². The molecule has 6 heteroatoms. The van der Waals surface area contributed by atoms with E-state index in [1.165, 1.54) is 31.4 Å². The van der Waals surface area contributed by atoms with E-state index in [9.17, 15) is 9.18 Å². The predicted octanol–water partition coefficient (Wildman–Crippen LogP) is 2.66. The Labute approximate surface area is 141 Å². The van der Waals surface area contributed by atoms with Gasteiger partial charge >= 0.3 is 0 Å². The van der Waals surface area contributed by atoms with Crippen LogP contribution in [0.2, 0.25) is 0 Å². The minimum absolute atomic E-state index is 0.0147. The van der Waals surface area contributed by atoms with Crippen molar-refractivity contribution in [3.63, 3.8) is 0 Å². The second kappa shape index (κ2) is 7.30. The zero-order valence-electron chi connectivity index (χ0n) is 13.9. The summed E-state index contributed by atoms with van der Waals surface area (Å²) in [4.78, 5) is 19.7. The van der Waals surface area contributed by atoms with Crippen LogP contribution in [0.25, 0.3) is 11.0 Å². The number of fused-ring (bicyclic) bond motifs is 1. The molecule has 1 aromatic carbocycles. The fraction of sp³-hybridized carbons (Fsp3) is 0.556. The van der Waals surface area contributed by atoms with Gasteiger partial charge in [0.15, 0.2) is 0 Å². The molecule has 3 rings (SSSR count). The maximum absolute atomic E-state index is 13.2. The van der Waals surface area contributed by atoms with E-state index in [1.54, 1.807) is 6.07 Å². The number of halogens is 1. The van der Waals surface area contributed by atoms with Gasteiger partial charge in [-0.1, -0.05) is 19.3 Å². The fourth-order valence-corrected chi connectivity index (χ4v) is 3.63. The van der Waals surface area contributed by atoms with Gasteiger partial charge in [-0.25, -0.2) is 9.37 Å². The SMILES string of the molecule is NCC1(CC(=O)NCCc2nc3ccc(F)cc3[nH]2)CCCCC1. The third-order valence-corrected chi connectivity index (χ3v) is 5.06. The summed E-state index contributed by atoms with van der Waals surface area (Å²) in [6, 6.07) is 4.47. The summed E-state index contributed by atoms with van der Waals surface area (Å²) in [6.45, 7) is 1.09. The third-order valence-electron chi connectivity index (χ3n) is 5.06. The Kier molecular flexibility index (Phi) is 5.14. The number of amides is 1. The molecule has 1 aliphatic carbocycles. The number of aromatic nitrogens is 2. The van der Waals surface area contributed by atoms with Gasteiger partial charge in [-0.3, -0.25) is 4.79 Å². The zero-order valence-corrected chi connectivity index (χ0v) is 13.9. The first-order valence-corrected chi connectivity index (χ1v) is 8.71. The van der Waals surface area contributed by atoms with Crippen LogP contribution in [0.3, 0.4) is 0 Å². The van der Waals surface area contributed by atoms with Crippen molar-refractivity contribution in [1.29, 1.82) is 0 Å². The maximum Gasteiger partial charge on any atom is 0.220 e. The summed E-state index contributed by atoms with van der Waals surface area (Å²) in [5, 5.41) is 2.96. The maximum atomic E-state index is 13.2. The number of rotatable bonds is 6. The Hall–Kier alpha value is -1.95. The number of nitrogens with two attached hydrogens (primary N) is 1. The number of carbonyl (C=O) groups excluding carboxylic acids is 1. The molecule has 0 spiro atoms. The van der Waals surface area contributed by atoms with E-state index in [2.05, 4.69) is 15.3 Å². The fourth-order valence-electron chi connectivity index (χ4n) is 3.63. The number of benzene rings is 1. The summed E-state index contributed by atoms with van der Waals surface area (Å²) < 4.78 is 13.2. The Morgan fingerprint density at radius 2 is 2.12 bits per heavy atom. The number of hydrogen-bond acceptors (Lipinski definition) is 3. The molecule has 0 saturated heterocycles. The zero-order chi connectivity index (χ0) is 17.0. The van der Waals surface area contributed by atoms with E-state index >= 15 is 0 Å². The van der Waals surface area contributed by atoms with Gasteiger partial charge in [0, 0.05) is 19.4 Å². The number of imidazole rings is 1. The standard InChI is InChI=1S/C18H25FN4O/c19-13-4-5-14-15(10-13)23-16(22-14)6-9-21-17(24)11-18(12-20)7-2-1-3-8-18/h4-5,10H,1-3,6-9,11-12,20H2,(H,21,24)(H,22,23). The van der Waals surface area contributed by atoms with Crippen LogP contribution in [0.5, 0.6) is 0 Å². The van der Waals surface area contributed by atoms with E-state index in [4.69, 9.17) is 5.73 Å². The normalized spacial score (nSPS) is 17.1. The van der Waals surface area contributed by atoms with Crippen LogP contribution in [0.1, 0.15) is 44.3 Å². The Morgan fingerprint density at radius 3 is 2.88 bits per heavy atom.